The molecular formula is C21H24ClN5O2S. The average Bonchev–Trinajstić information content (AvgIpc) is 3.14. The number of fused-ring (bicyclic) bond motifs is 1. The van der Waals surface area contributed by atoms with Gasteiger partial charge in [0, 0.05) is 17.1 Å². The third-order valence-corrected chi connectivity index (χ3v) is 7.73. The minimum atomic E-state index is -3.83. The zero-order chi connectivity index (χ0) is 21.0. The molecule has 1 aromatic carbocycles. The highest BCUT2D eigenvalue weighted by molar-refractivity contribution is 7.92. The molecule has 1 N–H and O–H groups in total. The van der Waals surface area contributed by atoms with Gasteiger partial charge >= 0.3 is 0 Å². The highest BCUT2D eigenvalue weighted by Crippen LogP contribution is 2.35. The predicted molar refractivity (Wildman–Crippen MR) is 116 cm³/mol. The van der Waals surface area contributed by atoms with E-state index in [0.717, 1.165) is 42.8 Å². The van der Waals surface area contributed by atoms with Crippen LogP contribution in [0.4, 0.5) is 5.82 Å². The quantitative estimate of drug-likeness (QED) is 0.620. The largest absolute Gasteiger partial charge is 0.268 e. The maximum atomic E-state index is 13.5. The van der Waals surface area contributed by atoms with Gasteiger partial charge in [0.25, 0.3) is 10.0 Å². The number of aromatic nitrogens is 4. The summed E-state index contributed by atoms with van der Waals surface area (Å²) in [7, 11) is -3.83. The Kier molecular flexibility index (Phi) is 4.67. The Morgan fingerprint density at radius 2 is 2.00 bits per heavy atom. The molecule has 30 heavy (non-hydrogen) atoms. The molecule has 1 saturated carbocycles. The van der Waals surface area contributed by atoms with Crippen LogP contribution in [0.3, 0.4) is 0 Å². The normalized spacial score (nSPS) is 16.1. The van der Waals surface area contributed by atoms with Crippen LogP contribution in [0, 0.1) is 19.8 Å². The van der Waals surface area contributed by atoms with E-state index in [9.17, 15) is 8.42 Å². The van der Waals surface area contributed by atoms with Crippen LogP contribution in [0.15, 0.2) is 29.2 Å². The number of halogens is 1. The Bertz CT molecular complexity index is 1240. The number of nitrogens with one attached hydrogen (secondary N) is 1. The van der Waals surface area contributed by atoms with Crippen molar-refractivity contribution in [3.8, 4) is 5.69 Å². The van der Waals surface area contributed by atoms with E-state index in [0.29, 0.717) is 28.1 Å². The molecule has 1 fully saturated rings. The van der Waals surface area contributed by atoms with E-state index in [1.165, 1.54) is 12.8 Å². The van der Waals surface area contributed by atoms with E-state index in [1.54, 1.807) is 23.7 Å². The molecular weight excluding hydrogens is 422 g/mol. The molecule has 0 bridgehead atoms. The van der Waals surface area contributed by atoms with E-state index >= 15 is 0 Å². The first-order valence-corrected chi connectivity index (χ1v) is 12.1. The van der Waals surface area contributed by atoms with Crippen molar-refractivity contribution in [2.24, 2.45) is 5.92 Å². The van der Waals surface area contributed by atoms with Crippen molar-refractivity contribution in [1.82, 2.24) is 19.6 Å². The Morgan fingerprint density at radius 3 is 2.73 bits per heavy atom. The Hall–Kier alpha value is -2.32. The molecule has 2 heterocycles. The Morgan fingerprint density at radius 1 is 1.20 bits per heavy atom. The van der Waals surface area contributed by atoms with Crippen molar-refractivity contribution in [2.75, 3.05) is 4.72 Å². The molecule has 2 aliphatic carbocycles. The van der Waals surface area contributed by atoms with Crippen molar-refractivity contribution >= 4 is 27.4 Å². The number of sulfonamides is 1. The van der Waals surface area contributed by atoms with Crippen LogP contribution in [0.25, 0.3) is 5.69 Å². The van der Waals surface area contributed by atoms with E-state index in [4.69, 9.17) is 11.6 Å². The lowest BCUT2D eigenvalue weighted by molar-refractivity contribution is 0.545. The van der Waals surface area contributed by atoms with Gasteiger partial charge < -0.3 is 0 Å². The summed E-state index contributed by atoms with van der Waals surface area (Å²) in [6.07, 6.45) is 4.98. The standard InChI is InChI=1S/C21H24ClN5O2S/c1-13-20(14(2)26(23-13)12-15-9-10-15)30(28,29)25-21-18-7-4-8-19(18)24-27(21)17-6-3-5-16(22)11-17/h3,5-6,11,15,25H,4,7-10,12H2,1-2H3. The lowest BCUT2D eigenvalue weighted by Crippen LogP contribution is -2.18. The molecule has 0 saturated heterocycles. The molecule has 3 aromatic rings. The SMILES string of the molecule is Cc1nn(CC2CC2)c(C)c1S(=O)(=O)Nc1c2c(nn1-c1cccc(Cl)c1)CCC2. The minimum Gasteiger partial charge on any atom is -0.268 e. The van der Waals surface area contributed by atoms with Crippen LogP contribution in [-0.4, -0.2) is 28.0 Å². The Balaban J connectivity index is 1.57. The number of hydrogen-bond acceptors (Lipinski definition) is 4. The number of hydrogen-bond donors (Lipinski definition) is 1. The fourth-order valence-electron chi connectivity index (χ4n) is 4.26. The minimum absolute atomic E-state index is 0.258. The smallest absolute Gasteiger partial charge is 0.266 e. The van der Waals surface area contributed by atoms with Crippen molar-refractivity contribution in [2.45, 2.75) is 57.4 Å². The van der Waals surface area contributed by atoms with E-state index in [2.05, 4.69) is 14.9 Å². The molecule has 0 amide bonds. The number of anilines is 1. The summed E-state index contributed by atoms with van der Waals surface area (Å²) in [6.45, 7) is 4.36. The molecule has 0 radical (unpaired) electrons. The third-order valence-electron chi connectivity index (χ3n) is 5.90. The van der Waals surface area contributed by atoms with Crippen LogP contribution in [0.2, 0.25) is 5.02 Å². The van der Waals surface area contributed by atoms with E-state index in [1.807, 2.05) is 23.7 Å². The summed E-state index contributed by atoms with van der Waals surface area (Å²) in [5.41, 5.74) is 3.82. The summed E-state index contributed by atoms with van der Waals surface area (Å²) in [6, 6.07) is 7.27. The van der Waals surface area contributed by atoms with E-state index < -0.39 is 10.0 Å². The fraction of sp³-hybridized carbons (Fsp3) is 0.429. The van der Waals surface area contributed by atoms with Crippen LogP contribution in [-0.2, 0) is 29.4 Å². The molecule has 5 rings (SSSR count). The van der Waals surface area contributed by atoms with Gasteiger partial charge in [-0.2, -0.15) is 10.2 Å². The maximum Gasteiger partial charge on any atom is 0.266 e. The zero-order valence-corrected chi connectivity index (χ0v) is 18.6. The van der Waals surface area contributed by atoms with Crippen LogP contribution < -0.4 is 4.72 Å². The first-order chi connectivity index (χ1) is 14.3. The highest BCUT2D eigenvalue weighted by atomic mass is 35.5. The second kappa shape index (κ2) is 7.13. The predicted octanol–water partition coefficient (Wildman–Crippen LogP) is 4.04. The average molecular weight is 446 g/mol. The molecule has 0 atom stereocenters. The molecule has 2 aromatic heterocycles. The van der Waals surface area contributed by atoms with Crippen LogP contribution in [0.1, 0.15) is 41.9 Å². The first-order valence-electron chi connectivity index (χ1n) is 10.3. The maximum absolute atomic E-state index is 13.5. The fourth-order valence-corrected chi connectivity index (χ4v) is 5.94. The molecule has 0 aliphatic heterocycles. The zero-order valence-electron chi connectivity index (χ0n) is 17.0. The van der Waals surface area contributed by atoms with Gasteiger partial charge in [0.2, 0.25) is 0 Å². The molecule has 158 valence electrons. The molecule has 0 unspecified atom stereocenters. The van der Waals surface area contributed by atoms with Gasteiger partial charge in [-0.05, 0) is 70.1 Å². The monoisotopic (exact) mass is 445 g/mol. The molecule has 0 spiro atoms. The topological polar surface area (TPSA) is 81.8 Å². The van der Waals surface area contributed by atoms with Crippen LogP contribution >= 0.6 is 11.6 Å². The van der Waals surface area contributed by atoms with Crippen molar-refractivity contribution < 1.29 is 8.42 Å². The third kappa shape index (κ3) is 3.41. The summed E-state index contributed by atoms with van der Waals surface area (Å²) in [5, 5.41) is 9.77. The van der Waals surface area contributed by atoms with Gasteiger partial charge in [0.05, 0.1) is 22.8 Å². The van der Waals surface area contributed by atoms with Gasteiger partial charge in [-0.1, -0.05) is 17.7 Å². The second-order valence-electron chi connectivity index (χ2n) is 8.25. The van der Waals surface area contributed by atoms with Crippen molar-refractivity contribution in [1.29, 1.82) is 0 Å². The second-order valence-corrected chi connectivity index (χ2v) is 10.3. The van der Waals surface area contributed by atoms with Gasteiger partial charge in [0.15, 0.2) is 0 Å². The number of nitrogens with zero attached hydrogens (tertiary/aromatic N) is 4. The lowest BCUT2D eigenvalue weighted by Gasteiger charge is -2.13. The molecule has 7 nitrogen and oxygen atoms in total. The Labute approximate surface area is 181 Å². The van der Waals surface area contributed by atoms with Gasteiger partial charge in [-0.3, -0.25) is 9.40 Å². The van der Waals surface area contributed by atoms with E-state index in [-0.39, 0.29) is 4.90 Å². The number of benzene rings is 1. The van der Waals surface area contributed by atoms with Gasteiger partial charge in [0.1, 0.15) is 10.7 Å². The first kappa shape index (κ1) is 19.6. The van der Waals surface area contributed by atoms with Gasteiger partial charge in [-0.25, -0.2) is 13.1 Å². The summed E-state index contributed by atoms with van der Waals surface area (Å²) < 4.78 is 33.3. The van der Waals surface area contributed by atoms with Gasteiger partial charge in [-0.15, -0.1) is 0 Å². The summed E-state index contributed by atoms with van der Waals surface area (Å²) in [4.78, 5) is 0.258. The number of aryl methyl sites for hydroxylation is 2. The molecule has 2 aliphatic rings. The molecule has 9 heteroatoms. The number of rotatable bonds is 6. The summed E-state index contributed by atoms with van der Waals surface area (Å²) >= 11 is 6.17. The summed E-state index contributed by atoms with van der Waals surface area (Å²) in [5.74, 6) is 1.11. The highest BCUT2D eigenvalue weighted by Gasteiger charge is 2.31. The van der Waals surface area contributed by atoms with Crippen molar-refractivity contribution in [3.05, 3.63) is 51.9 Å². The van der Waals surface area contributed by atoms with Crippen molar-refractivity contribution in [3.63, 3.8) is 0 Å². The van der Waals surface area contributed by atoms with Crippen LogP contribution in [0.5, 0.6) is 0 Å². The lowest BCUT2D eigenvalue weighted by atomic mass is 10.2.